The van der Waals surface area contributed by atoms with Crippen LogP contribution in [0.25, 0.3) is 21.8 Å². The number of carbonyl (C=O) groups is 1. The molecule has 4 aromatic rings. The van der Waals surface area contributed by atoms with Gasteiger partial charge in [0, 0.05) is 26.2 Å². The number of urea groups is 1. The molecule has 0 atom stereocenters. The van der Waals surface area contributed by atoms with E-state index in [0.29, 0.717) is 12.5 Å². The number of aromatic nitrogens is 2. The van der Waals surface area contributed by atoms with E-state index in [2.05, 4.69) is 71.2 Å². The van der Waals surface area contributed by atoms with Crippen molar-refractivity contribution in [3.05, 3.63) is 77.6 Å². The number of fused-ring (bicyclic) bond motifs is 2. The van der Waals surface area contributed by atoms with Crippen LogP contribution in [0.3, 0.4) is 0 Å². The van der Waals surface area contributed by atoms with Gasteiger partial charge in [0.2, 0.25) is 0 Å². The van der Waals surface area contributed by atoms with Gasteiger partial charge in [-0.3, -0.25) is 0 Å². The fourth-order valence-electron chi connectivity index (χ4n) is 4.78. The summed E-state index contributed by atoms with van der Waals surface area (Å²) in [6, 6.07) is 19.0. The summed E-state index contributed by atoms with van der Waals surface area (Å²) in [7, 11) is 0. The summed E-state index contributed by atoms with van der Waals surface area (Å²) in [5.41, 5.74) is 6.02. The van der Waals surface area contributed by atoms with E-state index in [1.807, 2.05) is 23.4 Å². The standard InChI is InChI=1S/C27H30N4O/c1-19-14-25-26(15-20(19)2)31(18-29-25)17-21-10-12-30(13-11-21)27(32)28-16-23-8-5-7-22-6-3-4-9-24(22)23/h3-9,14-15,18,21H,10-13,16-17H2,1-2H3,(H,28,32). The third kappa shape index (κ3) is 4.07. The minimum atomic E-state index is 0.0376. The summed E-state index contributed by atoms with van der Waals surface area (Å²) >= 11 is 0. The van der Waals surface area contributed by atoms with Crippen molar-refractivity contribution in [3.8, 4) is 0 Å². The van der Waals surface area contributed by atoms with Gasteiger partial charge in [0.05, 0.1) is 17.4 Å². The Morgan fingerprint density at radius 1 is 1.03 bits per heavy atom. The van der Waals surface area contributed by atoms with Gasteiger partial charge in [-0.2, -0.15) is 0 Å². The number of likely N-dealkylation sites (tertiary alicyclic amines) is 1. The van der Waals surface area contributed by atoms with Gasteiger partial charge in [-0.05, 0) is 72.2 Å². The zero-order valence-electron chi connectivity index (χ0n) is 18.8. The monoisotopic (exact) mass is 426 g/mol. The summed E-state index contributed by atoms with van der Waals surface area (Å²) in [4.78, 5) is 19.3. The van der Waals surface area contributed by atoms with Crippen molar-refractivity contribution in [2.45, 2.75) is 39.8 Å². The van der Waals surface area contributed by atoms with Gasteiger partial charge in [-0.25, -0.2) is 9.78 Å². The Balaban J connectivity index is 1.17. The highest BCUT2D eigenvalue weighted by molar-refractivity contribution is 5.86. The quantitative estimate of drug-likeness (QED) is 0.473. The average Bonchev–Trinajstić information content (AvgIpc) is 3.19. The normalized spacial score (nSPS) is 14.9. The molecule has 2 heterocycles. The first-order valence-electron chi connectivity index (χ1n) is 11.5. The van der Waals surface area contributed by atoms with Crippen molar-refractivity contribution in [1.82, 2.24) is 19.8 Å². The van der Waals surface area contributed by atoms with E-state index in [1.54, 1.807) is 0 Å². The highest BCUT2D eigenvalue weighted by Crippen LogP contribution is 2.24. The summed E-state index contributed by atoms with van der Waals surface area (Å²) in [6.07, 6.45) is 4.01. The zero-order valence-corrected chi connectivity index (χ0v) is 18.8. The number of piperidine rings is 1. The molecule has 0 spiro atoms. The van der Waals surface area contributed by atoms with Crippen molar-refractivity contribution in [2.75, 3.05) is 13.1 Å². The molecule has 1 aliphatic heterocycles. The van der Waals surface area contributed by atoms with Crippen molar-refractivity contribution in [2.24, 2.45) is 5.92 Å². The number of hydrogen-bond donors (Lipinski definition) is 1. The van der Waals surface area contributed by atoms with Crippen LogP contribution < -0.4 is 5.32 Å². The number of hydrogen-bond acceptors (Lipinski definition) is 2. The van der Waals surface area contributed by atoms with E-state index in [9.17, 15) is 4.79 Å². The van der Waals surface area contributed by atoms with E-state index >= 15 is 0 Å². The molecule has 5 nitrogen and oxygen atoms in total. The summed E-state index contributed by atoms with van der Waals surface area (Å²) in [5.74, 6) is 0.566. The largest absolute Gasteiger partial charge is 0.334 e. The Labute approximate surface area is 189 Å². The van der Waals surface area contributed by atoms with E-state index in [1.165, 1.54) is 27.4 Å². The van der Waals surface area contributed by atoms with Crippen LogP contribution in [0.5, 0.6) is 0 Å². The van der Waals surface area contributed by atoms with Gasteiger partial charge < -0.3 is 14.8 Å². The summed E-state index contributed by atoms with van der Waals surface area (Å²) in [6.45, 7) is 7.41. The Morgan fingerprint density at radius 3 is 2.62 bits per heavy atom. The molecule has 2 amide bonds. The second-order valence-corrected chi connectivity index (χ2v) is 9.05. The second-order valence-electron chi connectivity index (χ2n) is 9.05. The lowest BCUT2D eigenvalue weighted by atomic mass is 9.97. The molecule has 1 aliphatic rings. The number of nitrogens with zero attached hydrogens (tertiary/aromatic N) is 3. The molecular weight excluding hydrogens is 396 g/mol. The molecule has 0 saturated carbocycles. The first-order chi connectivity index (χ1) is 15.6. The maximum atomic E-state index is 12.8. The molecule has 1 saturated heterocycles. The molecule has 1 fully saturated rings. The van der Waals surface area contributed by atoms with Crippen molar-refractivity contribution < 1.29 is 4.79 Å². The lowest BCUT2D eigenvalue weighted by Crippen LogP contribution is -2.44. The minimum Gasteiger partial charge on any atom is -0.334 e. The SMILES string of the molecule is Cc1cc2ncn(CC3CCN(C(=O)NCc4cccc5ccccc45)CC3)c2cc1C. The van der Waals surface area contributed by atoms with Gasteiger partial charge in [-0.1, -0.05) is 42.5 Å². The van der Waals surface area contributed by atoms with Crippen LogP contribution in [0, 0.1) is 19.8 Å². The van der Waals surface area contributed by atoms with Crippen LogP contribution in [0.1, 0.15) is 29.5 Å². The molecule has 0 bridgehead atoms. The van der Waals surface area contributed by atoms with Crippen LogP contribution in [-0.2, 0) is 13.1 Å². The Bertz CT molecular complexity index is 1260. The molecule has 5 heteroatoms. The Hall–Kier alpha value is -3.34. The van der Waals surface area contributed by atoms with E-state index < -0.39 is 0 Å². The highest BCUT2D eigenvalue weighted by atomic mass is 16.2. The topological polar surface area (TPSA) is 50.2 Å². The number of aryl methyl sites for hydroxylation is 2. The van der Waals surface area contributed by atoms with E-state index in [-0.39, 0.29) is 6.03 Å². The first kappa shape index (κ1) is 20.6. The Morgan fingerprint density at radius 2 is 1.78 bits per heavy atom. The van der Waals surface area contributed by atoms with Gasteiger partial charge >= 0.3 is 6.03 Å². The maximum Gasteiger partial charge on any atom is 0.317 e. The van der Waals surface area contributed by atoms with Crippen LogP contribution in [0.2, 0.25) is 0 Å². The fraction of sp³-hybridized carbons (Fsp3) is 0.333. The Kier molecular flexibility index (Phi) is 5.56. The number of benzene rings is 3. The molecule has 0 radical (unpaired) electrons. The molecule has 164 valence electrons. The van der Waals surface area contributed by atoms with Gasteiger partial charge in [0.25, 0.3) is 0 Å². The smallest absolute Gasteiger partial charge is 0.317 e. The number of nitrogens with one attached hydrogen (secondary N) is 1. The number of imidazole rings is 1. The van der Waals surface area contributed by atoms with Crippen molar-refractivity contribution >= 4 is 27.8 Å². The fourth-order valence-corrected chi connectivity index (χ4v) is 4.78. The van der Waals surface area contributed by atoms with Gasteiger partial charge in [0.1, 0.15) is 0 Å². The summed E-state index contributed by atoms with van der Waals surface area (Å²) < 4.78 is 2.28. The molecule has 32 heavy (non-hydrogen) atoms. The number of carbonyl (C=O) groups excluding carboxylic acids is 1. The lowest BCUT2D eigenvalue weighted by Gasteiger charge is -2.32. The second kappa shape index (κ2) is 8.65. The molecule has 3 aromatic carbocycles. The zero-order chi connectivity index (χ0) is 22.1. The third-order valence-corrected chi connectivity index (χ3v) is 6.90. The lowest BCUT2D eigenvalue weighted by molar-refractivity contribution is 0.165. The van der Waals surface area contributed by atoms with Crippen molar-refractivity contribution in [1.29, 1.82) is 0 Å². The van der Waals surface area contributed by atoms with Gasteiger partial charge in [0.15, 0.2) is 0 Å². The molecule has 1 N–H and O–H groups in total. The van der Waals surface area contributed by atoms with Crippen LogP contribution >= 0.6 is 0 Å². The first-order valence-corrected chi connectivity index (χ1v) is 11.5. The molecule has 0 aliphatic carbocycles. The predicted octanol–water partition coefficient (Wildman–Crippen LogP) is 5.43. The highest BCUT2D eigenvalue weighted by Gasteiger charge is 2.23. The van der Waals surface area contributed by atoms with Crippen LogP contribution in [-0.4, -0.2) is 33.6 Å². The van der Waals surface area contributed by atoms with E-state index in [0.717, 1.165) is 43.6 Å². The number of amides is 2. The van der Waals surface area contributed by atoms with Crippen LogP contribution in [0.4, 0.5) is 4.79 Å². The minimum absolute atomic E-state index is 0.0376. The van der Waals surface area contributed by atoms with Crippen LogP contribution in [0.15, 0.2) is 60.9 Å². The molecule has 0 unspecified atom stereocenters. The maximum absolute atomic E-state index is 12.8. The third-order valence-electron chi connectivity index (χ3n) is 6.90. The van der Waals surface area contributed by atoms with Gasteiger partial charge in [-0.15, -0.1) is 0 Å². The average molecular weight is 427 g/mol. The van der Waals surface area contributed by atoms with E-state index in [4.69, 9.17) is 0 Å². The molecular formula is C27H30N4O. The van der Waals surface area contributed by atoms with Crippen molar-refractivity contribution in [3.63, 3.8) is 0 Å². The number of rotatable bonds is 4. The molecule has 5 rings (SSSR count). The predicted molar refractivity (Wildman–Crippen MR) is 130 cm³/mol. The molecule has 1 aromatic heterocycles. The summed E-state index contributed by atoms with van der Waals surface area (Å²) in [5, 5.41) is 5.54.